The molecule has 5 heteroatoms. The maximum absolute atomic E-state index is 11.4. The molecule has 2 N–H and O–H groups in total. The van der Waals surface area contributed by atoms with Crippen molar-refractivity contribution < 1.29 is 14.6 Å². The Kier molecular flexibility index (Phi) is 7.05. The van der Waals surface area contributed by atoms with E-state index in [1.54, 1.807) is 19.1 Å². The van der Waals surface area contributed by atoms with Crippen LogP contribution in [-0.4, -0.2) is 30.8 Å². The molecule has 1 aromatic rings. The van der Waals surface area contributed by atoms with Crippen LogP contribution in [0.5, 0.6) is 0 Å². The van der Waals surface area contributed by atoms with Gasteiger partial charge in [-0.15, -0.1) is 0 Å². The third-order valence-corrected chi connectivity index (χ3v) is 3.50. The zero-order chi connectivity index (χ0) is 14.3. The van der Waals surface area contributed by atoms with Gasteiger partial charge in [0, 0.05) is 11.0 Å². The molecule has 0 aliphatic rings. The Bertz CT molecular complexity index is 421. The average molecular weight is 330 g/mol. The Morgan fingerprint density at radius 2 is 2.26 bits per heavy atom. The second-order valence-corrected chi connectivity index (χ2v) is 5.32. The van der Waals surface area contributed by atoms with Gasteiger partial charge in [-0.05, 0) is 44.0 Å². The molecule has 0 bridgehead atoms. The SMILES string of the molecule is COC(=O)c1ccc(CNCCCC(C)O)c(Br)c1. The van der Waals surface area contributed by atoms with Crippen LogP contribution in [-0.2, 0) is 11.3 Å². The molecule has 0 spiro atoms. The van der Waals surface area contributed by atoms with Gasteiger partial charge in [-0.25, -0.2) is 4.79 Å². The maximum atomic E-state index is 11.4. The van der Waals surface area contributed by atoms with Gasteiger partial charge in [-0.3, -0.25) is 0 Å². The molecule has 0 saturated heterocycles. The largest absolute Gasteiger partial charge is 0.465 e. The van der Waals surface area contributed by atoms with Gasteiger partial charge in [0.1, 0.15) is 0 Å². The molecular formula is C14H20BrNO3. The number of ether oxygens (including phenoxy) is 1. The first kappa shape index (κ1) is 16.1. The summed E-state index contributed by atoms with van der Waals surface area (Å²) in [6.45, 7) is 3.38. The highest BCUT2D eigenvalue weighted by Gasteiger charge is 2.08. The summed E-state index contributed by atoms with van der Waals surface area (Å²) in [5, 5.41) is 12.4. The lowest BCUT2D eigenvalue weighted by atomic mass is 10.1. The van der Waals surface area contributed by atoms with Crippen molar-refractivity contribution >= 4 is 21.9 Å². The number of hydrogen-bond donors (Lipinski definition) is 2. The number of carbonyl (C=O) groups excluding carboxylic acids is 1. The van der Waals surface area contributed by atoms with Crippen LogP contribution in [0.25, 0.3) is 0 Å². The summed E-state index contributed by atoms with van der Waals surface area (Å²) in [6, 6.07) is 5.42. The van der Waals surface area contributed by atoms with Crippen LogP contribution in [0.1, 0.15) is 35.7 Å². The molecule has 19 heavy (non-hydrogen) atoms. The highest BCUT2D eigenvalue weighted by Crippen LogP contribution is 2.19. The number of methoxy groups -OCH3 is 1. The molecule has 4 nitrogen and oxygen atoms in total. The molecule has 1 unspecified atom stereocenters. The Morgan fingerprint density at radius 1 is 1.53 bits per heavy atom. The van der Waals surface area contributed by atoms with Crippen molar-refractivity contribution in [2.75, 3.05) is 13.7 Å². The molecule has 0 aliphatic carbocycles. The number of benzene rings is 1. The summed E-state index contributed by atoms with van der Waals surface area (Å²) in [6.07, 6.45) is 1.50. The Hall–Kier alpha value is -0.910. The quantitative estimate of drug-likeness (QED) is 0.596. The lowest BCUT2D eigenvalue weighted by Crippen LogP contribution is -2.16. The summed E-state index contributed by atoms with van der Waals surface area (Å²) in [5.41, 5.74) is 1.62. The van der Waals surface area contributed by atoms with Gasteiger partial charge in [-0.1, -0.05) is 22.0 Å². The van der Waals surface area contributed by atoms with E-state index in [1.165, 1.54) is 7.11 Å². The first-order valence-electron chi connectivity index (χ1n) is 6.30. The molecular weight excluding hydrogens is 310 g/mol. The average Bonchev–Trinajstić information content (AvgIpc) is 2.38. The van der Waals surface area contributed by atoms with Gasteiger partial charge in [0.05, 0.1) is 18.8 Å². The number of halogens is 1. The van der Waals surface area contributed by atoms with E-state index in [-0.39, 0.29) is 12.1 Å². The third kappa shape index (κ3) is 5.72. The van der Waals surface area contributed by atoms with Crippen molar-refractivity contribution in [3.8, 4) is 0 Å². The van der Waals surface area contributed by atoms with Crippen LogP contribution in [0.3, 0.4) is 0 Å². The van der Waals surface area contributed by atoms with Gasteiger partial charge in [0.25, 0.3) is 0 Å². The third-order valence-electron chi connectivity index (χ3n) is 2.77. The normalized spacial score (nSPS) is 12.2. The van der Waals surface area contributed by atoms with E-state index in [9.17, 15) is 4.79 Å². The first-order valence-corrected chi connectivity index (χ1v) is 7.09. The number of esters is 1. The van der Waals surface area contributed by atoms with E-state index in [4.69, 9.17) is 5.11 Å². The number of aliphatic hydroxyl groups is 1. The van der Waals surface area contributed by atoms with E-state index in [0.717, 1.165) is 36.0 Å². The van der Waals surface area contributed by atoms with Crippen LogP contribution >= 0.6 is 15.9 Å². The molecule has 0 heterocycles. The summed E-state index contributed by atoms with van der Waals surface area (Å²) < 4.78 is 5.55. The predicted octanol–water partition coefficient (Wildman–Crippen LogP) is 2.49. The van der Waals surface area contributed by atoms with E-state index in [1.807, 2.05) is 6.07 Å². The number of carbonyl (C=O) groups is 1. The van der Waals surface area contributed by atoms with Crippen molar-refractivity contribution in [1.82, 2.24) is 5.32 Å². The highest BCUT2D eigenvalue weighted by atomic mass is 79.9. The lowest BCUT2D eigenvalue weighted by molar-refractivity contribution is 0.0600. The van der Waals surface area contributed by atoms with Gasteiger partial charge in [0.15, 0.2) is 0 Å². The van der Waals surface area contributed by atoms with Gasteiger partial charge < -0.3 is 15.2 Å². The Balaban J connectivity index is 2.44. The van der Waals surface area contributed by atoms with Gasteiger partial charge >= 0.3 is 5.97 Å². The minimum atomic E-state index is -0.336. The lowest BCUT2D eigenvalue weighted by Gasteiger charge is -2.09. The van der Waals surface area contributed by atoms with Gasteiger partial charge in [-0.2, -0.15) is 0 Å². The molecule has 0 radical (unpaired) electrons. The van der Waals surface area contributed by atoms with Crippen molar-refractivity contribution in [1.29, 1.82) is 0 Å². The Labute approximate surface area is 122 Å². The first-order chi connectivity index (χ1) is 9.04. The minimum absolute atomic E-state index is 0.243. The van der Waals surface area contributed by atoms with Crippen molar-refractivity contribution in [2.45, 2.75) is 32.4 Å². The number of hydrogen-bond acceptors (Lipinski definition) is 4. The zero-order valence-corrected chi connectivity index (χ0v) is 12.9. The molecule has 106 valence electrons. The van der Waals surface area contributed by atoms with E-state index >= 15 is 0 Å². The molecule has 1 rings (SSSR count). The zero-order valence-electron chi connectivity index (χ0n) is 11.3. The smallest absolute Gasteiger partial charge is 0.337 e. The standard InChI is InChI=1S/C14H20BrNO3/c1-10(17)4-3-7-16-9-12-6-5-11(8-13(12)15)14(18)19-2/h5-6,8,10,16-17H,3-4,7,9H2,1-2H3. The summed E-state index contributed by atoms with van der Waals surface area (Å²) in [7, 11) is 1.37. The number of rotatable bonds is 7. The molecule has 0 fully saturated rings. The molecule has 0 aliphatic heterocycles. The molecule has 0 aromatic heterocycles. The van der Waals surface area contributed by atoms with Crippen LogP contribution in [0, 0.1) is 0 Å². The fourth-order valence-electron chi connectivity index (χ4n) is 1.68. The summed E-state index contributed by atoms with van der Waals surface area (Å²) in [4.78, 5) is 11.4. The van der Waals surface area contributed by atoms with Crippen LogP contribution in [0.2, 0.25) is 0 Å². The monoisotopic (exact) mass is 329 g/mol. The summed E-state index contributed by atoms with van der Waals surface area (Å²) in [5.74, 6) is -0.336. The molecule has 1 atom stereocenters. The van der Waals surface area contributed by atoms with Gasteiger partial charge in [0.2, 0.25) is 0 Å². The molecule has 1 aromatic carbocycles. The van der Waals surface area contributed by atoms with E-state index in [0.29, 0.717) is 5.56 Å². The Morgan fingerprint density at radius 3 is 2.84 bits per heavy atom. The molecule has 0 saturated carbocycles. The fraction of sp³-hybridized carbons (Fsp3) is 0.500. The second-order valence-electron chi connectivity index (χ2n) is 4.47. The highest BCUT2D eigenvalue weighted by molar-refractivity contribution is 9.10. The topological polar surface area (TPSA) is 58.6 Å². The predicted molar refractivity (Wildman–Crippen MR) is 78.1 cm³/mol. The second kappa shape index (κ2) is 8.30. The van der Waals surface area contributed by atoms with Crippen molar-refractivity contribution in [3.63, 3.8) is 0 Å². The van der Waals surface area contributed by atoms with Crippen molar-refractivity contribution in [3.05, 3.63) is 33.8 Å². The summed E-state index contributed by atoms with van der Waals surface area (Å²) >= 11 is 3.45. The van der Waals surface area contributed by atoms with E-state index < -0.39 is 0 Å². The number of nitrogens with one attached hydrogen (secondary N) is 1. The fourth-order valence-corrected chi connectivity index (χ4v) is 2.20. The van der Waals surface area contributed by atoms with Crippen LogP contribution in [0.15, 0.2) is 22.7 Å². The van der Waals surface area contributed by atoms with E-state index in [2.05, 4.69) is 26.0 Å². The van der Waals surface area contributed by atoms with Crippen LogP contribution < -0.4 is 5.32 Å². The maximum Gasteiger partial charge on any atom is 0.337 e. The molecule has 0 amide bonds. The van der Waals surface area contributed by atoms with Crippen molar-refractivity contribution in [2.24, 2.45) is 0 Å². The minimum Gasteiger partial charge on any atom is -0.465 e. The number of aliphatic hydroxyl groups excluding tert-OH is 1. The van der Waals surface area contributed by atoms with Crippen LogP contribution in [0.4, 0.5) is 0 Å².